The number of thioether (sulfide) groups is 1. The van der Waals surface area contributed by atoms with Crippen LogP contribution in [0.4, 0.5) is 5.69 Å². The van der Waals surface area contributed by atoms with Crippen LogP contribution in [0, 0.1) is 25.3 Å². The normalized spacial score (nSPS) is 11.5. The van der Waals surface area contributed by atoms with Crippen molar-refractivity contribution in [3.05, 3.63) is 53.9 Å². The van der Waals surface area contributed by atoms with Crippen LogP contribution in [0.2, 0.25) is 0 Å². The third kappa shape index (κ3) is 3.26. The molecule has 0 unspecified atom stereocenters. The summed E-state index contributed by atoms with van der Waals surface area (Å²) in [6.07, 6.45) is 7.81. The summed E-state index contributed by atoms with van der Waals surface area (Å²) < 4.78 is 2.01. The number of hydrogen-bond donors (Lipinski definition) is 1. The van der Waals surface area contributed by atoms with E-state index in [1.807, 2.05) is 54.4 Å². The van der Waals surface area contributed by atoms with E-state index in [9.17, 15) is 0 Å². The van der Waals surface area contributed by atoms with E-state index in [1.165, 1.54) is 17.3 Å². The van der Waals surface area contributed by atoms with Gasteiger partial charge in [-0.25, -0.2) is 9.98 Å². The first-order valence-electron chi connectivity index (χ1n) is 7.45. The maximum absolute atomic E-state index is 8.78. The molecule has 3 rings (SSSR count). The van der Waals surface area contributed by atoms with E-state index >= 15 is 0 Å². The number of nitrogens with zero attached hydrogens (tertiary/aromatic N) is 4. The monoisotopic (exact) mass is 335 g/mol. The highest BCUT2D eigenvalue weighted by Crippen LogP contribution is 2.28. The Morgan fingerprint density at radius 2 is 2.12 bits per heavy atom. The molecule has 0 fully saturated rings. The Morgan fingerprint density at radius 1 is 1.29 bits per heavy atom. The summed E-state index contributed by atoms with van der Waals surface area (Å²) in [5.74, 6) is 0. The van der Waals surface area contributed by atoms with Crippen molar-refractivity contribution in [2.24, 2.45) is 4.99 Å². The van der Waals surface area contributed by atoms with Crippen molar-refractivity contribution >= 4 is 28.3 Å². The van der Waals surface area contributed by atoms with E-state index in [1.54, 1.807) is 0 Å². The molecule has 24 heavy (non-hydrogen) atoms. The van der Waals surface area contributed by atoms with Crippen LogP contribution in [0.3, 0.4) is 0 Å². The summed E-state index contributed by atoms with van der Waals surface area (Å²) in [7, 11) is 0. The number of amidine groups is 1. The Balaban J connectivity index is 2.05. The second-order valence-corrected chi connectivity index (χ2v) is 6.25. The van der Waals surface area contributed by atoms with Gasteiger partial charge in [-0.1, -0.05) is 23.9 Å². The predicted molar refractivity (Wildman–Crippen MR) is 99.5 cm³/mol. The van der Waals surface area contributed by atoms with Crippen molar-refractivity contribution in [3.8, 4) is 17.5 Å². The van der Waals surface area contributed by atoms with Crippen LogP contribution < -0.4 is 5.32 Å². The summed E-state index contributed by atoms with van der Waals surface area (Å²) in [6, 6.07) is 10.2. The average molecular weight is 335 g/mol. The molecule has 0 aliphatic carbocycles. The fourth-order valence-electron chi connectivity index (χ4n) is 2.39. The number of aromatic nitrogens is 2. The average Bonchev–Trinajstić information content (AvgIpc) is 2.99. The zero-order valence-electron chi connectivity index (χ0n) is 13.7. The predicted octanol–water partition coefficient (Wildman–Crippen LogP) is 4.04. The lowest BCUT2D eigenvalue weighted by Crippen LogP contribution is -2.12. The molecule has 120 valence electrons. The third-order valence-electron chi connectivity index (χ3n) is 3.70. The Hall–Kier alpha value is -2.78. The topological polar surface area (TPSA) is 65.5 Å². The van der Waals surface area contributed by atoms with Crippen LogP contribution in [-0.4, -0.2) is 20.8 Å². The molecule has 0 aliphatic rings. The Kier molecular flexibility index (Phi) is 4.54. The Labute approximate surface area is 145 Å². The molecule has 0 atom stereocenters. The van der Waals surface area contributed by atoms with Crippen LogP contribution in [0.25, 0.3) is 16.9 Å². The molecule has 5 nitrogen and oxygen atoms in total. The van der Waals surface area contributed by atoms with Crippen molar-refractivity contribution < 1.29 is 0 Å². The maximum Gasteiger partial charge on any atom is 0.183 e. The van der Waals surface area contributed by atoms with Crippen LogP contribution >= 0.6 is 11.8 Å². The van der Waals surface area contributed by atoms with Gasteiger partial charge < -0.3 is 4.40 Å². The highest BCUT2D eigenvalue weighted by Gasteiger charge is 2.08. The highest BCUT2D eigenvalue weighted by atomic mass is 32.2. The number of rotatable bonds is 2. The minimum Gasteiger partial charge on any atom is -0.306 e. The minimum absolute atomic E-state index is 0.573. The van der Waals surface area contributed by atoms with Crippen molar-refractivity contribution in [1.29, 1.82) is 5.26 Å². The minimum atomic E-state index is 0.573. The number of aryl methyl sites for hydroxylation is 2. The number of nitriles is 1. The highest BCUT2D eigenvalue weighted by molar-refractivity contribution is 8.13. The lowest BCUT2D eigenvalue weighted by molar-refractivity contribution is 1.17. The summed E-state index contributed by atoms with van der Waals surface area (Å²) in [6.45, 7) is 4.05. The van der Waals surface area contributed by atoms with Gasteiger partial charge in [-0.2, -0.15) is 5.26 Å². The van der Waals surface area contributed by atoms with Crippen molar-refractivity contribution in [2.45, 2.75) is 13.8 Å². The molecule has 0 aliphatic heterocycles. The molecule has 0 saturated carbocycles. The molecule has 0 amide bonds. The molecule has 3 aromatic rings. The molecular weight excluding hydrogens is 318 g/mol. The van der Waals surface area contributed by atoms with E-state index in [-0.39, 0.29) is 0 Å². The Bertz CT molecular complexity index is 965. The molecule has 0 saturated heterocycles. The summed E-state index contributed by atoms with van der Waals surface area (Å²) >= 11 is 1.40. The number of aliphatic imine (C=N–C) groups is 1. The molecule has 2 heterocycles. The van der Waals surface area contributed by atoms with E-state index in [0.29, 0.717) is 5.17 Å². The fraction of sp³-hybridized carbons (Fsp3) is 0.167. The van der Waals surface area contributed by atoms with E-state index in [0.717, 1.165) is 28.2 Å². The standard InChI is InChI=1S/C18H17N5S/c1-12-6-7-23-10-16(21-17(23)8-12)14-5-4-13(2)15(9-14)22-18(24-3)20-11-19/h4-10H,1-3H3,(H,20,22). The second kappa shape index (κ2) is 6.77. The number of pyridine rings is 1. The number of imidazole rings is 1. The lowest BCUT2D eigenvalue weighted by atomic mass is 10.1. The summed E-state index contributed by atoms with van der Waals surface area (Å²) in [5, 5.41) is 11.9. The maximum atomic E-state index is 8.78. The molecular formula is C18H17N5S. The fourth-order valence-corrected chi connectivity index (χ4v) is 2.73. The molecule has 0 radical (unpaired) electrons. The van der Waals surface area contributed by atoms with Crippen molar-refractivity contribution in [2.75, 3.05) is 6.26 Å². The second-order valence-electron chi connectivity index (χ2n) is 5.45. The van der Waals surface area contributed by atoms with Gasteiger partial charge in [0.2, 0.25) is 0 Å². The SMILES string of the molecule is CSC(=Nc1cc(-c2cn3ccc(C)cc3n2)ccc1C)NC#N. The van der Waals surface area contributed by atoms with Crippen LogP contribution in [-0.2, 0) is 0 Å². The third-order valence-corrected chi connectivity index (χ3v) is 4.28. The van der Waals surface area contributed by atoms with Gasteiger partial charge in [-0.15, -0.1) is 0 Å². The largest absolute Gasteiger partial charge is 0.306 e. The van der Waals surface area contributed by atoms with Gasteiger partial charge in [-0.3, -0.25) is 5.32 Å². The number of hydrogen-bond acceptors (Lipinski definition) is 4. The number of nitrogens with one attached hydrogen (secondary N) is 1. The van der Waals surface area contributed by atoms with Gasteiger partial charge in [0.25, 0.3) is 0 Å². The number of benzene rings is 1. The molecule has 1 aromatic carbocycles. The Morgan fingerprint density at radius 3 is 2.88 bits per heavy atom. The molecule has 2 aromatic heterocycles. The zero-order chi connectivity index (χ0) is 17.1. The zero-order valence-corrected chi connectivity index (χ0v) is 14.6. The first-order chi connectivity index (χ1) is 11.6. The number of fused-ring (bicyclic) bond motifs is 1. The van der Waals surface area contributed by atoms with Crippen molar-refractivity contribution in [1.82, 2.24) is 14.7 Å². The van der Waals surface area contributed by atoms with Crippen LogP contribution in [0.5, 0.6) is 0 Å². The van der Waals surface area contributed by atoms with Crippen molar-refractivity contribution in [3.63, 3.8) is 0 Å². The van der Waals surface area contributed by atoms with Gasteiger partial charge in [-0.05, 0) is 49.4 Å². The van der Waals surface area contributed by atoms with Gasteiger partial charge in [0, 0.05) is 18.0 Å². The van der Waals surface area contributed by atoms with Gasteiger partial charge in [0.05, 0.1) is 11.4 Å². The van der Waals surface area contributed by atoms with E-state index in [2.05, 4.69) is 29.4 Å². The first-order valence-corrected chi connectivity index (χ1v) is 8.67. The molecule has 1 N–H and O–H groups in total. The van der Waals surface area contributed by atoms with E-state index < -0.39 is 0 Å². The van der Waals surface area contributed by atoms with E-state index in [4.69, 9.17) is 10.2 Å². The van der Waals surface area contributed by atoms with Gasteiger partial charge in [0.1, 0.15) is 5.65 Å². The van der Waals surface area contributed by atoms with Crippen LogP contribution in [0.15, 0.2) is 47.7 Å². The lowest BCUT2D eigenvalue weighted by Gasteiger charge is -2.05. The molecule has 6 heteroatoms. The summed E-state index contributed by atoms with van der Waals surface area (Å²) in [5.41, 5.74) is 5.87. The molecule has 0 bridgehead atoms. The smallest absolute Gasteiger partial charge is 0.183 e. The summed E-state index contributed by atoms with van der Waals surface area (Å²) in [4.78, 5) is 9.22. The first kappa shape index (κ1) is 16.1. The quantitative estimate of drug-likeness (QED) is 0.332. The van der Waals surface area contributed by atoms with Crippen LogP contribution in [0.1, 0.15) is 11.1 Å². The van der Waals surface area contributed by atoms with Gasteiger partial charge >= 0.3 is 0 Å². The van der Waals surface area contributed by atoms with Gasteiger partial charge in [0.15, 0.2) is 11.4 Å². The molecule has 0 spiro atoms.